The topological polar surface area (TPSA) is 47.6 Å². The number of halogens is 1. The summed E-state index contributed by atoms with van der Waals surface area (Å²) in [6.45, 7) is 0.784. The van der Waals surface area contributed by atoms with Crippen molar-refractivity contribution >= 4 is 17.7 Å². The average molecular weight is 230 g/mol. The van der Waals surface area contributed by atoms with Crippen molar-refractivity contribution < 1.29 is 14.3 Å². The fourth-order valence-corrected chi connectivity index (χ4v) is 1.05. The Labute approximate surface area is 93.1 Å². The predicted octanol–water partition coefficient (Wildman–Crippen LogP) is 2.07. The van der Waals surface area contributed by atoms with Gasteiger partial charge in [-0.25, -0.2) is 4.79 Å². The van der Waals surface area contributed by atoms with Crippen LogP contribution in [-0.2, 0) is 4.74 Å². The molecule has 0 radical (unpaired) electrons. The van der Waals surface area contributed by atoms with E-state index in [0.29, 0.717) is 23.9 Å². The number of hydrogen-bond acceptors (Lipinski definition) is 3. The maximum atomic E-state index is 10.7. The second kappa shape index (κ2) is 6.14. The summed E-state index contributed by atoms with van der Waals surface area (Å²) in [5.74, 6) is 0.714. The Morgan fingerprint density at radius 3 is 2.67 bits per heavy atom. The van der Waals surface area contributed by atoms with Crippen molar-refractivity contribution in [3.63, 3.8) is 0 Å². The van der Waals surface area contributed by atoms with Crippen LogP contribution in [0.3, 0.4) is 0 Å². The number of methoxy groups -OCH3 is 1. The number of nitrogens with one attached hydrogen (secondary N) is 1. The number of rotatable bonds is 4. The van der Waals surface area contributed by atoms with Crippen molar-refractivity contribution in [2.45, 2.75) is 0 Å². The second-order valence-corrected chi connectivity index (χ2v) is 3.16. The summed E-state index contributed by atoms with van der Waals surface area (Å²) in [6, 6.07) is 7.01. The van der Waals surface area contributed by atoms with Gasteiger partial charge in [0.05, 0.1) is 13.7 Å². The Morgan fingerprint density at radius 2 is 2.07 bits per heavy atom. The molecule has 0 atom stereocenters. The Kier molecular flexibility index (Phi) is 4.77. The Balaban J connectivity index is 2.20. The van der Waals surface area contributed by atoms with Crippen LogP contribution in [0.5, 0.6) is 5.75 Å². The van der Waals surface area contributed by atoms with E-state index < -0.39 is 6.09 Å². The molecule has 0 aliphatic heterocycles. The summed E-state index contributed by atoms with van der Waals surface area (Å²) in [7, 11) is 1.31. The van der Waals surface area contributed by atoms with E-state index in [2.05, 4.69) is 10.1 Å². The lowest BCUT2D eigenvalue weighted by atomic mass is 10.3. The van der Waals surface area contributed by atoms with E-state index >= 15 is 0 Å². The molecule has 5 heteroatoms. The lowest BCUT2D eigenvalue weighted by Crippen LogP contribution is -2.27. The molecule has 0 saturated heterocycles. The number of hydrogen-bond donors (Lipinski definition) is 1. The molecule has 1 N–H and O–H groups in total. The average Bonchev–Trinajstić information content (AvgIpc) is 2.26. The summed E-state index contributed by atoms with van der Waals surface area (Å²) >= 11 is 5.70. The number of ether oxygens (including phenoxy) is 2. The molecule has 1 aromatic rings. The van der Waals surface area contributed by atoms with Gasteiger partial charge in [-0.15, -0.1) is 0 Å². The van der Waals surface area contributed by atoms with Crippen molar-refractivity contribution in [2.24, 2.45) is 0 Å². The molecule has 1 rings (SSSR count). The van der Waals surface area contributed by atoms with Crippen LogP contribution in [0.15, 0.2) is 24.3 Å². The van der Waals surface area contributed by atoms with E-state index in [0.717, 1.165) is 0 Å². The molecule has 1 aromatic carbocycles. The number of amides is 1. The smallest absolute Gasteiger partial charge is 0.406 e. The fourth-order valence-electron chi connectivity index (χ4n) is 0.925. The van der Waals surface area contributed by atoms with Crippen molar-refractivity contribution in [2.75, 3.05) is 20.3 Å². The number of alkyl carbamates (subject to hydrolysis) is 1. The van der Waals surface area contributed by atoms with Crippen molar-refractivity contribution in [1.82, 2.24) is 5.32 Å². The zero-order valence-electron chi connectivity index (χ0n) is 8.33. The highest BCUT2D eigenvalue weighted by atomic mass is 35.5. The monoisotopic (exact) mass is 229 g/mol. The van der Waals surface area contributed by atoms with Crippen LogP contribution >= 0.6 is 11.6 Å². The first-order valence-corrected chi connectivity index (χ1v) is 4.80. The number of carbonyl (C=O) groups is 1. The lowest BCUT2D eigenvalue weighted by molar-refractivity contribution is 0.168. The minimum atomic E-state index is -0.463. The lowest BCUT2D eigenvalue weighted by Gasteiger charge is -2.06. The first-order valence-electron chi connectivity index (χ1n) is 4.42. The third kappa shape index (κ3) is 4.56. The summed E-state index contributed by atoms with van der Waals surface area (Å²) in [5, 5.41) is 3.16. The first-order chi connectivity index (χ1) is 7.22. The number of carbonyl (C=O) groups excluding carboxylic acids is 1. The van der Waals surface area contributed by atoms with Crippen LogP contribution in [0.2, 0.25) is 5.02 Å². The summed E-state index contributed by atoms with van der Waals surface area (Å²) in [6.07, 6.45) is -0.463. The zero-order valence-corrected chi connectivity index (χ0v) is 9.08. The van der Waals surface area contributed by atoms with E-state index in [9.17, 15) is 4.79 Å². The van der Waals surface area contributed by atoms with E-state index in [4.69, 9.17) is 16.3 Å². The van der Waals surface area contributed by atoms with Crippen molar-refractivity contribution in [3.8, 4) is 5.75 Å². The molecule has 15 heavy (non-hydrogen) atoms. The van der Waals surface area contributed by atoms with Gasteiger partial charge in [-0.2, -0.15) is 0 Å². The highest BCUT2D eigenvalue weighted by Crippen LogP contribution is 2.14. The molecule has 0 aliphatic rings. The molecule has 1 amide bonds. The van der Waals surface area contributed by atoms with Crippen LogP contribution < -0.4 is 10.1 Å². The van der Waals surface area contributed by atoms with Crippen LogP contribution in [0.25, 0.3) is 0 Å². The molecule has 82 valence electrons. The zero-order chi connectivity index (χ0) is 11.1. The molecular weight excluding hydrogens is 218 g/mol. The highest BCUT2D eigenvalue weighted by Gasteiger charge is 1.97. The number of benzene rings is 1. The maximum absolute atomic E-state index is 10.7. The van der Waals surface area contributed by atoms with Gasteiger partial charge in [0, 0.05) is 5.02 Å². The van der Waals surface area contributed by atoms with Gasteiger partial charge >= 0.3 is 6.09 Å². The van der Waals surface area contributed by atoms with Gasteiger partial charge in [0.2, 0.25) is 0 Å². The third-order valence-corrected chi connectivity index (χ3v) is 1.89. The van der Waals surface area contributed by atoms with Gasteiger partial charge in [0.1, 0.15) is 12.4 Å². The largest absolute Gasteiger partial charge is 0.492 e. The molecule has 0 heterocycles. The molecule has 0 aromatic heterocycles. The molecule has 0 fully saturated rings. The molecule has 0 aliphatic carbocycles. The predicted molar refractivity (Wildman–Crippen MR) is 57.4 cm³/mol. The minimum absolute atomic E-state index is 0.386. The van der Waals surface area contributed by atoms with Crippen molar-refractivity contribution in [1.29, 1.82) is 0 Å². The Hall–Kier alpha value is -1.42. The summed E-state index contributed by atoms with van der Waals surface area (Å²) in [5.41, 5.74) is 0. The fraction of sp³-hybridized carbons (Fsp3) is 0.300. The van der Waals surface area contributed by atoms with E-state index in [1.165, 1.54) is 7.11 Å². The van der Waals surface area contributed by atoms with E-state index in [1.807, 2.05) is 0 Å². The standard InChI is InChI=1S/C10H12ClNO3/c1-14-10(13)12-6-7-15-9-4-2-8(11)3-5-9/h2-5H,6-7H2,1H3,(H,12,13). The van der Waals surface area contributed by atoms with Gasteiger partial charge in [-0.3, -0.25) is 0 Å². The van der Waals surface area contributed by atoms with Crippen molar-refractivity contribution in [3.05, 3.63) is 29.3 Å². The van der Waals surface area contributed by atoms with Crippen LogP contribution in [0, 0.1) is 0 Å². The third-order valence-electron chi connectivity index (χ3n) is 1.64. The normalized spacial score (nSPS) is 9.47. The molecule has 0 saturated carbocycles. The highest BCUT2D eigenvalue weighted by molar-refractivity contribution is 6.30. The van der Waals surface area contributed by atoms with Crippen LogP contribution in [0.1, 0.15) is 0 Å². The Morgan fingerprint density at radius 1 is 1.40 bits per heavy atom. The Bertz CT molecular complexity index is 313. The molecule has 0 unspecified atom stereocenters. The second-order valence-electron chi connectivity index (χ2n) is 2.72. The summed E-state index contributed by atoms with van der Waals surface area (Å²) < 4.78 is 9.72. The van der Waals surface area contributed by atoms with E-state index in [-0.39, 0.29) is 0 Å². The van der Waals surface area contributed by atoms with Crippen LogP contribution in [0.4, 0.5) is 4.79 Å². The minimum Gasteiger partial charge on any atom is -0.492 e. The SMILES string of the molecule is COC(=O)NCCOc1ccc(Cl)cc1. The van der Waals surface area contributed by atoms with E-state index in [1.54, 1.807) is 24.3 Å². The molecular formula is C10H12ClNO3. The van der Waals surface area contributed by atoms with Gasteiger partial charge < -0.3 is 14.8 Å². The molecule has 0 bridgehead atoms. The van der Waals surface area contributed by atoms with Gasteiger partial charge in [-0.05, 0) is 24.3 Å². The molecule has 4 nitrogen and oxygen atoms in total. The first kappa shape index (κ1) is 11.7. The van der Waals surface area contributed by atoms with Gasteiger partial charge in [-0.1, -0.05) is 11.6 Å². The summed E-state index contributed by atoms with van der Waals surface area (Å²) in [4.78, 5) is 10.7. The molecule has 0 spiro atoms. The quantitative estimate of drug-likeness (QED) is 0.805. The maximum Gasteiger partial charge on any atom is 0.406 e. The van der Waals surface area contributed by atoms with Gasteiger partial charge in [0.15, 0.2) is 0 Å². The van der Waals surface area contributed by atoms with Crippen LogP contribution in [-0.4, -0.2) is 26.4 Å². The van der Waals surface area contributed by atoms with Gasteiger partial charge in [0.25, 0.3) is 0 Å².